The van der Waals surface area contributed by atoms with E-state index in [2.05, 4.69) is 0 Å². The molecule has 1 atom stereocenters. The van der Waals surface area contributed by atoms with Crippen molar-refractivity contribution in [2.45, 2.75) is 25.7 Å². The number of likely N-dealkylation sites (tertiary alicyclic amines) is 1. The predicted molar refractivity (Wildman–Crippen MR) is 81.7 cm³/mol. The van der Waals surface area contributed by atoms with Gasteiger partial charge in [-0.3, -0.25) is 9.59 Å². The summed E-state index contributed by atoms with van der Waals surface area (Å²) in [5.74, 6) is -0.254. The highest BCUT2D eigenvalue weighted by Crippen LogP contribution is 2.25. The second-order valence-electron chi connectivity index (χ2n) is 5.84. The van der Waals surface area contributed by atoms with Crippen LogP contribution in [0.3, 0.4) is 0 Å². The lowest BCUT2D eigenvalue weighted by Gasteiger charge is -2.32. The van der Waals surface area contributed by atoms with Crippen LogP contribution in [-0.2, 0) is 4.79 Å². The minimum Gasteiger partial charge on any atom is -0.481 e. The lowest BCUT2D eigenvalue weighted by Crippen LogP contribution is -2.39. The zero-order chi connectivity index (χ0) is 15.5. The molecule has 2 heterocycles. The van der Waals surface area contributed by atoms with Crippen molar-refractivity contribution in [3.05, 3.63) is 36.1 Å². The summed E-state index contributed by atoms with van der Waals surface area (Å²) in [6.07, 6.45) is 2.68. The fraction of sp³-hybridized carbons (Fsp3) is 0.412. The number of fused-ring (bicyclic) bond motifs is 1. The summed E-state index contributed by atoms with van der Waals surface area (Å²) < 4.78 is 5.63. The molecule has 1 aromatic heterocycles. The van der Waals surface area contributed by atoms with Gasteiger partial charge < -0.3 is 14.4 Å². The van der Waals surface area contributed by atoms with Gasteiger partial charge in [0.2, 0.25) is 0 Å². The molecule has 1 fully saturated rings. The van der Waals surface area contributed by atoms with E-state index in [1.54, 1.807) is 11.0 Å². The Hall–Kier alpha value is -2.30. The van der Waals surface area contributed by atoms with Gasteiger partial charge >= 0.3 is 5.97 Å². The predicted octanol–water partition coefficient (Wildman–Crippen LogP) is 3.15. The van der Waals surface area contributed by atoms with Gasteiger partial charge in [0.1, 0.15) is 5.58 Å². The second kappa shape index (κ2) is 6.22. The van der Waals surface area contributed by atoms with Gasteiger partial charge in [-0.05, 0) is 37.3 Å². The van der Waals surface area contributed by atoms with E-state index in [1.807, 2.05) is 24.3 Å². The molecular weight excluding hydrogens is 282 g/mol. The normalized spacial score (nSPS) is 18.5. The van der Waals surface area contributed by atoms with Crippen molar-refractivity contribution < 1.29 is 19.1 Å². The Kier molecular flexibility index (Phi) is 4.13. The molecule has 1 aliphatic heterocycles. The standard InChI is InChI=1S/C17H19NO4/c19-16(20)8-7-12-4-3-9-18(11-12)17(21)15-10-13-5-1-2-6-14(13)22-15/h1-2,5-6,10,12H,3-4,7-9,11H2,(H,19,20)/t12-/m0/s1. The molecule has 1 aliphatic rings. The van der Waals surface area contributed by atoms with Crippen LogP contribution in [0.5, 0.6) is 0 Å². The summed E-state index contributed by atoms with van der Waals surface area (Å²) in [7, 11) is 0. The third-order valence-corrected chi connectivity index (χ3v) is 4.21. The molecule has 2 aromatic rings. The van der Waals surface area contributed by atoms with E-state index in [0.717, 1.165) is 18.2 Å². The Morgan fingerprint density at radius 2 is 2.14 bits per heavy atom. The molecule has 0 bridgehead atoms. The fourth-order valence-corrected chi connectivity index (χ4v) is 3.06. The minimum absolute atomic E-state index is 0.101. The van der Waals surface area contributed by atoms with Crippen LogP contribution in [0.25, 0.3) is 11.0 Å². The van der Waals surface area contributed by atoms with E-state index in [1.165, 1.54) is 0 Å². The van der Waals surface area contributed by atoms with Crippen LogP contribution in [0.4, 0.5) is 0 Å². The van der Waals surface area contributed by atoms with E-state index in [4.69, 9.17) is 9.52 Å². The van der Waals surface area contributed by atoms with E-state index in [-0.39, 0.29) is 18.2 Å². The number of aliphatic carboxylic acids is 1. The van der Waals surface area contributed by atoms with Crippen LogP contribution >= 0.6 is 0 Å². The van der Waals surface area contributed by atoms with Crippen LogP contribution in [0.1, 0.15) is 36.2 Å². The Balaban J connectivity index is 1.69. The molecule has 0 radical (unpaired) electrons. The number of amides is 1. The molecule has 22 heavy (non-hydrogen) atoms. The lowest BCUT2D eigenvalue weighted by molar-refractivity contribution is -0.137. The van der Waals surface area contributed by atoms with Gasteiger partial charge in [0, 0.05) is 24.9 Å². The molecular formula is C17H19NO4. The maximum absolute atomic E-state index is 12.6. The Bertz CT molecular complexity index is 658. The maximum atomic E-state index is 12.6. The average Bonchev–Trinajstić information content (AvgIpc) is 2.96. The molecule has 0 unspecified atom stereocenters. The summed E-state index contributed by atoms with van der Waals surface area (Å²) in [6.45, 7) is 1.32. The maximum Gasteiger partial charge on any atom is 0.303 e. The largest absolute Gasteiger partial charge is 0.481 e. The monoisotopic (exact) mass is 301 g/mol. The topological polar surface area (TPSA) is 70.8 Å². The average molecular weight is 301 g/mol. The SMILES string of the molecule is O=C(O)CC[C@@H]1CCCN(C(=O)c2cc3ccccc3o2)C1. The number of carbonyl (C=O) groups is 2. The number of rotatable bonds is 4. The fourth-order valence-electron chi connectivity index (χ4n) is 3.06. The number of carboxylic acids is 1. The highest BCUT2D eigenvalue weighted by molar-refractivity contribution is 5.96. The number of carbonyl (C=O) groups excluding carboxylic acids is 1. The van der Waals surface area contributed by atoms with Gasteiger partial charge in [-0.25, -0.2) is 0 Å². The molecule has 5 nitrogen and oxygen atoms in total. The van der Waals surface area contributed by atoms with E-state index in [9.17, 15) is 9.59 Å². The van der Waals surface area contributed by atoms with Gasteiger partial charge in [-0.2, -0.15) is 0 Å². The second-order valence-corrected chi connectivity index (χ2v) is 5.84. The zero-order valence-corrected chi connectivity index (χ0v) is 12.3. The van der Waals surface area contributed by atoms with Crippen molar-refractivity contribution in [2.24, 2.45) is 5.92 Å². The van der Waals surface area contributed by atoms with E-state index in [0.29, 0.717) is 30.9 Å². The summed E-state index contributed by atoms with van der Waals surface area (Å²) in [4.78, 5) is 25.0. The number of furan rings is 1. The highest BCUT2D eigenvalue weighted by Gasteiger charge is 2.26. The van der Waals surface area contributed by atoms with Crippen molar-refractivity contribution in [2.75, 3.05) is 13.1 Å². The molecule has 0 aliphatic carbocycles. The number of carboxylic acid groups (broad SMARTS) is 1. The number of benzene rings is 1. The number of hydrogen-bond donors (Lipinski definition) is 1. The third-order valence-electron chi connectivity index (χ3n) is 4.21. The molecule has 1 N–H and O–H groups in total. The molecule has 1 saturated heterocycles. The van der Waals surface area contributed by atoms with Crippen LogP contribution in [0, 0.1) is 5.92 Å². The zero-order valence-electron chi connectivity index (χ0n) is 12.3. The summed E-state index contributed by atoms with van der Waals surface area (Å²) in [5.41, 5.74) is 0.713. The van der Waals surface area contributed by atoms with Gasteiger partial charge in [-0.1, -0.05) is 18.2 Å². The number of piperidine rings is 1. The van der Waals surface area contributed by atoms with Crippen molar-refractivity contribution in [1.82, 2.24) is 4.90 Å². The van der Waals surface area contributed by atoms with Crippen LogP contribution < -0.4 is 0 Å². The molecule has 0 saturated carbocycles. The number of para-hydroxylation sites is 1. The van der Waals surface area contributed by atoms with Crippen LogP contribution in [-0.4, -0.2) is 35.0 Å². The first-order valence-corrected chi connectivity index (χ1v) is 7.63. The smallest absolute Gasteiger partial charge is 0.303 e. The van der Waals surface area contributed by atoms with Gasteiger partial charge in [0.25, 0.3) is 5.91 Å². The quantitative estimate of drug-likeness (QED) is 0.941. The number of nitrogens with zero attached hydrogens (tertiary/aromatic N) is 1. The van der Waals surface area contributed by atoms with Gasteiger partial charge in [-0.15, -0.1) is 0 Å². The van der Waals surface area contributed by atoms with Gasteiger partial charge in [0.05, 0.1) is 0 Å². The molecule has 1 aromatic carbocycles. The lowest BCUT2D eigenvalue weighted by atomic mass is 9.93. The van der Waals surface area contributed by atoms with Crippen molar-refractivity contribution in [3.8, 4) is 0 Å². The Labute approximate surface area is 128 Å². The first-order valence-electron chi connectivity index (χ1n) is 7.63. The first-order chi connectivity index (χ1) is 10.6. The highest BCUT2D eigenvalue weighted by atomic mass is 16.4. The summed E-state index contributed by atoms with van der Waals surface area (Å²) in [6, 6.07) is 9.33. The summed E-state index contributed by atoms with van der Waals surface area (Å²) >= 11 is 0. The molecule has 116 valence electrons. The van der Waals surface area contributed by atoms with E-state index < -0.39 is 5.97 Å². The van der Waals surface area contributed by atoms with Crippen molar-refractivity contribution in [1.29, 1.82) is 0 Å². The number of hydrogen-bond acceptors (Lipinski definition) is 3. The Morgan fingerprint density at radius 3 is 2.91 bits per heavy atom. The summed E-state index contributed by atoms with van der Waals surface area (Å²) in [5, 5.41) is 9.70. The third kappa shape index (κ3) is 3.13. The minimum atomic E-state index is -0.777. The molecule has 0 spiro atoms. The Morgan fingerprint density at radius 1 is 1.32 bits per heavy atom. The first kappa shape index (κ1) is 14.6. The molecule has 1 amide bonds. The van der Waals surface area contributed by atoms with Crippen molar-refractivity contribution in [3.63, 3.8) is 0 Å². The van der Waals surface area contributed by atoms with Gasteiger partial charge in [0.15, 0.2) is 5.76 Å². The molecule has 3 rings (SSSR count). The van der Waals surface area contributed by atoms with E-state index >= 15 is 0 Å². The van der Waals surface area contributed by atoms with Crippen LogP contribution in [0.2, 0.25) is 0 Å². The molecule has 5 heteroatoms. The van der Waals surface area contributed by atoms with Crippen LogP contribution in [0.15, 0.2) is 34.7 Å². The van der Waals surface area contributed by atoms with Crippen molar-refractivity contribution >= 4 is 22.8 Å².